The maximum Gasteiger partial charge on any atom is 0.458 e. The predicted molar refractivity (Wildman–Crippen MR) is 111 cm³/mol. The topological polar surface area (TPSA) is 0 Å². The van der Waals surface area contributed by atoms with Gasteiger partial charge in [-0.2, -0.15) is 13.2 Å². The van der Waals surface area contributed by atoms with Crippen molar-refractivity contribution >= 4 is 0 Å². The summed E-state index contributed by atoms with van der Waals surface area (Å²) in [7, 11) is 0. The molecule has 1 aliphatic carbocycles. The zero-order chi connectivity index (χ0) is 24.2. The zero-order valence-corrected chi connectivity index (χ0v) is 17.9. The smallest absolute Gasteiger partial charge is 0.206 e. The predicted octanol–water partition coefficient (Wildman–Crippen LogP) is 7.63. The quantitative estimate of drug-likeness (QED) is 0.322. The van der Waals surface area contributed by atoms with Gasteiger partial charge in [0, 0.05) is 11.5 Å². The largest absolute Gasteiger partial charge is 0.458 e. The Morgan fingerprint density at radius 2 is 1.27 bits per heavy atom. The van der Waals surface area contributed by atoms with E-state index >= 15 is 0 Å². The molecule has 0 unspecified atom stereocenters. The van der Waals surface area contributed by atoms with Gasteiger partial charge in [0.2, 0.25) is 0 Å². The molecule has 2 aromatic carbocycles. The van der Waals surface area contributed by atoms with Gasteiger partial charge in [-0.15, -0.1) is 0 Å². The van der Waals surface area contributed by atoms with Gasteiger partial charge in [0.15, 0.2) is 0 Å². The van der Waals surface area contributed by atoms with Crippen molar-refractivity contribution in [1.82, 2.24) is 0 Å². The van der Waals surface area contributed by atoms with E-state index in [4.69, 9.17) is 0 Å². The van der Waals surface area contributed by atoms with Crippen LogP contribution in [0.2, 0.25) is 0 Å². The summed E-state index contributed by atoms with van der Waals surface area (Å²) in [6.45, 7) is 2.13. The maximum absolute atomic E-state index is 14.6. The van der Waals surface area contributed by atoms with E-state index in [0.29, 0.717) is 23.6 Å². The minimum Gasteiger partial charge on any atom is -0.206 e. The highest BCUT2D eigenvalue weighted by Gasteiger charge is 2.24. The van der Waals surface area contributed by atoms with Crippen LogP contribution in [0.25, 0.3) is 0 Å². The monoisotopic (exact) mass is 466 g/mol. The summed E-state index contributed by atoms with van der Waals surface area (Å²) in [5, 5.41) is 0. The molecule has 1 fully saturated rings. The van der Waals surface area contributed by atoms with Gasteiger partial charge < -0.3 is 0 Å². The fourth-order valence-corrected chi connectivity index (χ4v) is 4.17. The first kappa shape index (κ1) is 24.7. The Labute approximate surface area is 188 Å². The van der Waals surface area contributed by atoms with E-state index < -0.39 is 40.6 Å². The van der Waals surface area contributed by atoms with Crippen LogP contribution in [0.1, 0.15) is 73.6 Å². The third-order valence-corrected chi connectivity index (χ3v) is 5.78. The van der Waals surface area contributed by atoms with Crippen LogP contribution in [0.5, 0.6) is 0 Å². The van der Waals surface area contributed by atoms with Gasteiger partial charge in [0.1, 0.15) is 23.3 Å². The van der Waals surface area contributed by atoms with Crippen LogP contribution in [-0.4, -0.2) is 6.18 Å². The number of rotatable bonds is 3. The van der Waals surface area contributed by atoms with Crippen molar-refractivity contribution in [2.24, 2.45) is 5.92 Å². The molecule has 1 saturated carbocycles. The molecule has 0 nitrogen and oxygen atoms in total. The number of halogens is 7. The Bertz CT molecular complexity index is 1090. The van der Waals surface area contributed by atoms with Crippen LogP contribution >= 0.6 is 0 Å². The summed E-state index contributed by atoms with van der Waals surface area (Å²) in [5.41, 5.74) is -1.33. The van der Waals surface area contributed by atoms with Crippen LogP contribution in [-0.2, 0) is 0 Å². The summed E-state index contributed by atoms with van der Waals surface area (Å²) in [5.74, 6) is 2.94. The Balaban J connectivity index is 1.81. The molecule has 1 aliphatic rings. The Morgan fingerprint density at radius 1 is 0.758 bits per heavy atom. The van der Waals surface area contributed by atoms with Crippen LogP contribution < -0.4 is 0 Å². The summed E-state index contributed by atoms with van der Waals surface area (Å²) >= 11 is 0. The highest BCUT2D eigenvalue weighted by atomic mass is 19.4. The van der Waals surface area contributed by atoms with E-state index in [1.54, 1.807) is 0 Å². The van der Waals surface area contributed by atoms with Crippen LogP contribution in [0.3, 0.4) is 0 Å². The molecule has 0 amide bonds. The Hall–Kier alpha value is -2.93. The molecule has 0 spiro atoms. The van der Waals surface area contributed by atoms with Gasteiger partial charge >= 0.3 is 6.18 Å². The first-order valence-corrected chi connectivity index (χ1v) is 10.7. The summed E-state index contributed by atoms with van der Waals surface area (Å²) < 4.78 is 93.6. The molecule has 0 atom stereocenters. The molecule has 0 aliphatic heterocycles. The Morgan fingerprint density at radius 3 is 1.79 bits per heavy atom. The van der Waals surface area contributed by atoms with Crippen molar-refractivity contribution in [1.29, 1.82) is 0 Å². The van der Waals surface area contributed by atoms with E-state index in [1.165, 1.54) is 18.1 Å². The first-order chi connectivity index (χ1) is 15.6. The fraction of sp³-hybridized carbons (Fsp3) is 0.385. The second-order valence-corrected chi connectivity index (χ2v) is 8.18. The van der Waals surface area contributed by atoms with Crippen molar-refractivity contribution in [2.75, 3.05) is 0 Å². The van der Waals surface area contributed by atoms with E-state index in [1.807, 2.05) is 0 Å². The molecule has 0 aromatic heterocycles. The second-order valence-electron chi connectivity index (χ2n) is 8.18. The first-order valence-electron chi connectivity index (χ1n) is 10.7. The highest BCUT2D eigenvalue weighted by molar-refractivity contribution is 5.48. The fourth-order valence-electron chi connectivity index (χ4n) is 4.17. The minimum absolute atomic E-state index is 0.0673. The second kappa shape index (κ2) is 10.3. The normalized spacial score (nSPS) is 18.2. The third kappa shape index (κ3) is 6.54. The van der Waals surface area contributed by atoms with Crippen LogP contribution in [0, 0.1) is 52.9 Å². The van der Waals surface area contributed by atoms with Gasteiger partial charge in [0.05, 0.1) is 11.1 Å². The lowest BCUT2D eigenvalue weighted by molar-refractivity contribution is -0.0696. The molecule has 0 radical (unpaired) electrons. The number of benzene rings is 2. The van der Waals surface area contributed by atoms with Crippen LogP contribution in [0.15, 0.2) is 24.3 Å². The molecule has 174 valence electrons. The molecule has 7 heteroatoms. The van der Waals surface area contributed by atoms with Gasteiger partial charge in [-0.05, 0) is 67.3 Å². The zero-order valence-electron chi connectivity index (χ0n) is 17.9. The molecular weight excluding hydrogens is 445 g/mol. The van der Waals surface area contributed by atoms with Gasteiger partial charge in [-0.3, -0.25) is 0 Å². The Kier molecular flexibility index (Phi) is 7.74. The van der Waals surface area contributed by atoms with Crippen molar-refractivity contribution in [3.05, 3.63) is 69.8 Å². The number of hydrogen-bond acceptors (Lipinski definition) is 0. The maximum atomic E-state index is 14.6. The summed E-state index contributed by atoms with van der Waals surface area (Å²) in [4.78, 5) is 0. The molecule has 0 N–H and O–H groups in total. The van der Waals surface area contributed by atoms with E-state index in [2.05, 4.69) is 18.8 Å². The molecular formula is C26H21F7. The van der Waals surface area contributed by atoms with E-state index in [-0.39, 0.29) is 11.5 Å². The lowest BCUT2D eigenvalue weighted by Gasteiger charge is -2.28. The van der Waals surface area contributed by atoms with Gasteiger partial charge in [0.25, 0.3) is 0 Å². The highest BCUT2D eigenvalue weighted by Crippen LogP contribution is 2.38. The molecule has 2 aromatic rings. The molecule has 3 rings (SSSR count). The lowest BCUT2D eigenvalue weighted by atomic mass is 9.77. The van der Waals surface area contributed by atoms with Gasteiger partial charge in [-0.25, -0.2) is 17.6 Å². The van der Waals surface area contributed by atoms with Crippen molar-refractivity contribution in [3.63, 3.8) is 0 Å². The van der Waals surface area contributed by atoms with E-state index in [0.717, 1.165) is 44.4 Å². The average Bonchev–Trinajstić information content (AvgIpc) is 2.72. The summed E-state index contributed by atoms with van der Waals surface area (Å²) in [6.07, 6.45) is 1.11. The molecule has 33 heavy (non-hydrogen) atoms. The minimum atomic E-state index is -4.91. The number of alkyl halides is 3. The van der Waals surface area contributed by atoms with Gasteiger partial charge in [-0.1, -0.05) is 37.5 Å². The summed E-state index contributed by atoms with van der Waals surface area (Å²) in [6, 6.07) is 3.81. The molecule has 0 saturated heterocycles. The van der Waals surface area contributed by atoms with E-state index in [9.17, 15) is 30.7 Å². The third-order valence-electron chi connectivity index (χ3n) is 5.78. The standard InChI is InChI=1S/C26H21F7/c1-2-3-16-4-7-18(8-5-16)19-14-24(29)20(25(30)15-19)9-6-17-12-22(27)21(23(28)13-17)10-11-26(31,32)33/h12-16,18H,2-5,7-8H2,1H3. The van der Waals surface area contributed by atoms with Crippen LogP contribution in [0.4, 0.5) is 30.7 Å². The average molecular weight is 466 g/mol. The SMILES string of the molecule is CCCC1CCC(c2cc(F)c(C#Cc3cc(F)c(C#CC(F)(F)F)c(F)c3)c(F)c2)CC1. The number of hydrogen-bond donors (Lipinski definition) is 0. The lowest BCUT2D eigenvalue weighted by Crippen LogP contribution is -2.13. The molecule has 0 heterocycles. The van der Waals surface area contributed by atoms with Crippen molar-refractivity contribution in [3.8, 4) is 23.7 Å². The van der Waals surface area contributed by atoms with Crippen molar-refractivity contribution < 1.29 is 30.7 Å². The van der Waals surface area contributed by atoms with Crippen molar-refractivity contribution in [2.45, 2.75) is 57.5 Å². The molecule has 0 bridgehead atoms.